The van der Waals surface area contributed by atoms with E-state index in [0.29, 0.717) is 11.6 Å². The van der Waals surface area contributed by atoms with Crippen LogP contribution < -0.4 is 5.32 Å². The molecule has 15 heteroatoms. The highest BCUT2D eigenvalue weighted by atomic mass is 35.5. The van der Waals surface area contributed by atoms with Gasteiger partial charge in [0.1, 0.15) is 34.5 Å². The van der Waals surface area contributed by atoms with Crippen LogP contribution in [0.25, 0.3) is 17.1 Å². The second-order valence-electron chi connectivity index (χ2n) is 6.05. The van der Waals surface area contributed by atoms with Crippen molar-refractivity contribution in [1.82, 2.24) is 19.7 Å². The second kappa shape index (κ2) is 8.02. The van der Waals surface area contributed by atoms with Gasteiger partial charge in [0.2, 0.25) is 0 Å². The van der Waals surface area contributed by atoms with Crippen molar-refractivity contribution in [3.8, 4) is 17.1 Å². The molecular formula is C16H9ClF6N6O2. The van der Waals surface area contributed by atoms with Crippen molar-refractivity contribution in [2.45, 2.75) is 19.1 Å². The first-order valence-corrected chi connectivity index (χ1v) is 8.52. The van der Waals surface area contributed by atoms with E-state index in [-0.39, 0.29) is 12.1 Å². The maximum absolute atomic E-state index is 14.3. The van der Waals surface area contributed by atoms with E-state index >= 15 is 0 Å². The first-order valence-electron chi connectivity index (χ1n) is 8.14. The van der Waals surface area contributed by atoms with E-state index in [1.54, 1.807) is 0 Å². The lowest BCUT2D eigenvalue weighted by molar-refractivity contribution is -0.391. The predicted molar refractivity (Wildman–Crippen MR) is 95.3 cm³/mol. The fourth-order valence-corrected chi connectivity index (χ4v) is 2.76. The second-order valence-corrected chi connectivity index (χ2v) is 6.41. The molecule has 164 valence electrons. The van der Waals surface area contributed by atoms with Gasteiger partial charge in [-0.25, -0.2) is 13.2 Å². The zero-order valence-electron chi connectivity index (χ0n) is 15.1. The Bertz CT molecular complexity index is 1140. The number of alkyl halides is 3. The predicted octanol–water partition coefficient (Wildman–Crippen LogP) is 4.67. The van der Waals surface area contributed by atoms with E-state index in [1.165, 1.54) is 0 Å². The number of rotatable bonds is 5. The first kappa shape index (κ1) is 22.3. The van der Waals surface area contributed by atoms with Crippen LogP contribution in [0.1, 0.15) is 6.92 Å². The molecule has 0 aliphatic heterocycles. The molecule has 0 aliphatic rings. The summed E-state index contributed by atoms with van der Waals surface area (Å²) in [5.74, 6) is -6.36. The monoisotopic (exact) mass is 466 g/mol. The SMILES string of the molecule is C[C@H](Nc1nc(-n2nccc2[N+](=O)[O-])nc(Cl)c1-c1c(F)cc(F)cc1F)C(F)(F)F. The number of nitrogens with zero attached hydrogens (tertiary/aromatic N) is 5. The molecule has 8 nitrogen and oxygen atoms in total. The number of benzene rings is 1. The third kappa shape index (κ3) is 4.38. The Balaban J connectivity index is 2.28. The molecule has 1 aromatic carbocycles. The molecule has 1 atom stereocenters. The van der Waals surface area contributed by atoms with Gasteiger partial charge in [-0.3, -0.25) is 0 Å². The van der Waals surface area contributed by atoms with Gasteiger partial charge in [0.15, 0.2) is 0 Å². The fourth-order valence-electron chi connectivity index (χ4n) is 2.50. The van der Waals surface area contributed by atoms with Gasteiger partial charge in [0.25, 0.3) is 0 Å². The van der Waals surface area contributed by atoms with E-state index in [1.807, 2.05) is 5.32 Å². The van der Waals surface area contributed by atoms with Gasteiger partial charge in [0, 0.05) is 12.1 Å². The summed E-state index contributed by atoms with van der Waals surface area (Å²) in [6.45, 7) is 0.688. The van der Waals surface area contributed by atoms with E-state index in [2.05, 4.69) is 15.1 Å². The Hall–Kier alpha value is -3.42. The summed E-state index contributed by atoms with van der Waals surface area (Å²) >= 11 is 5.99. The summed E-state index contributed by atoms with van der Waals surface area (Å²) in [6.07, 6.45) is -3.82. The van der Waals surface area contributed by atoms with E-state index in [0.717, 1.165) is 12.3 Å². The molecule has 2 aromatic heterocycles. The molecule has 0 bridgehead atoms. The molecular weight excluding hydrogens is 458 g/mol. The maximum Gasteiger partial charge on any atom is 0.408 e. The highest BCUT2D eigenvalue weighted by Crippen LogP contribution is 2.38. The fraction of sp³-hybridized carbons (Fsp3) is 0.188. The van der Waals surface area contributed by atoms with E-state index in [9.17, 15) is 36.5 Å². The van der Waals surface area contributed by atoms with Crippen LogP contribution >= 0.6 is 11.6 Å². The van der Waals surface area contributed by atoms with Crippen molar-refractivity contribution < 1.29 is 31.3 Å². The van der Waals surface area contributed by atoms with Crippen LogP contribution in [0.15, 0.2) is 24.4 Å². The standard InChI is InChI=1S/C16H9ClF6N6O2/c1-6(16(21,22)23)25-14-12(11-8(19)4-7(18)5-9(11)20)13(17)26-15(27-14)28-10(29(30)31)2-3-24-28/h2-6H,1H3,(H,25,26,27)/t6-/m0/s1. The molecule has 0 radical (unpaired) electrons. The number of anilines is 1. The van der Waals surface area contributed by atoms with Gasteiger partial charge in [-0.2, -0.15) is 23.1 Å². The first-order chi connectivity index (χ1) is 14.4. The molecule has 1 N–H and O–H groups in total. The zero-order valence-corrected chi connectivity index (χ0v) is 15.8. The third-order valence-corrected chi connectivity index (χ3v) is 4.23. The van der Waals surface area contributed by atoms with Crippen LogP contribution in [-0.4, -0.2) is 36.9 Å². The van der Waals surface area contributed by atoms with Gasteiger partial charge in [-0.15, -0.1) is 0 Å². The van der Waals surface area contributed by atoms with Crippen LogP contribution in [0, 0.1) is 27.6 Å². The molecule has 0 unspecified atom stereocenters. The van der Waals surface area contributed by atoms with Crippen molar-refractivity contribution in [1.29, 1.82) is 0 Å². The van der Waals surface area contributed by atoms with Crippen molar-refractivity contribution in [2.75, 3.05) is 5.32 Å². The average molecular weight is 467 g/mol. The summed E-state index contributed by atoms with van der Waals surface area (Å²) in [5, 5.41) is 15.9. The van der Waals surface area contributed by atoms with E-state index in [4.69, 9.17) is 11.6 Å². The van der Waals surface area contributed by atoms with Crippen molar-refractivity contribution in [3.05, 3.63) is 57.1 Å². The molecule has 0 aliphatic carbocycles. The van der Waals surface area contributed by atoms with Crippen molar-refractivity contribution in [3.63, 3.8) is 0 Å². The maximum atomic E-state index is 14.3. The van der Waals surface area contributed by atoms with Crippen LogP contribution in [0.4, 0.5) is 38.0 Å². The Morgan fingerprint density at radius 1 is 1.16 bits per heavy atom. The van der Waals surface area contributed by atoms with Crippen molar-refractivity contribution >= 4 is 23.2 Å². The Labute approximate surface area is 173 Å². The Morgan fingerprint density at radius 3 is 2.32 bits per heavy atom. The summed E-state index contributed by atoms with van der Waals surface area (Å²) in [4.78, 5) is 17.6. The smallest absolute Gasteiger partial charge is 0.358 e. The van der Waals surface area contributed by atoms with Gasteiger partial charge < -0.3 is 15.4 Å². The summed E-state index contributed by atoms with van der Waals surface area (Å²) < 4.78 is 81.7. The van der Waals surface area contributed by atoms with Crippen LogP contribution in [0.5, 0.6) is 0 Å². The van der Waals surface area contributed by atoms with Crippen LogP contribution in [-0.2, 0) is 0 Å². The molecule has 3 aromatic rings. The number of hydrogen-bond acceptors (Lipinski definition) is 6. The van der Waals surface area contributed by atoms with Gasteiger partial charge in [-0.1, -0.05) is 21.4 Å². The molecule has 3 rings (SSSR count). The van der Waals surface area contributed by atoms with Gasteiger partial charge >= 0.3 is 17.9 Å². The minimum Gasteiger partial charge on any atom is -0.358 e. The summed E-state index contributed by atoms with van der Waals surface area (Å²) in [5.41, 5.74) is -1.74. The molecule has 31 heavy (non-hydrogen) atoms. The van der Waals surface area contributed by atoms with Crippen LogP contribution in [0.3, 0.4) is 0 Å². The summed E-state index contributed by atoms with van der Waals surface area (Å²) in [7, 11) is 0. The zero-order chi connectivity index (χ0) is 23.1. The molecule has 2 heterocycles. The largest absolute Gasteiger partial charge is 0.408 e. The number of nitro groups is 1. The average Bonchev–Trinajstić information content (AvgIpc) is 3.12. The van der Waals surface area contributed by atoms with E-state index < -0.39 is 68.5 Å². The highest BCUT2D eigenvalue weighted by Gasteiger charge is 2.38. The number of nitrogens with one attached hydrogen (secondary N) is 1. The normalized spacial score (nSPS) is 12.6. The lowest BCUT2D eigenvalue weighted by Gasteiger charge is -2.20. The lowest BCUT2D eigenvalue weighted by Crippen LogP contribution is -2.34. The molecule has 0 spiro atoms. The minimum absolute atomic E-state index is 0.290. The molecule has 0 amide bonds. The van der Waals surface area contributed by atoms with Gasteiger partial charge in [-0.05, 0) is 11.8 Å². The quantitative estimate of drug-likeness (QED) is 0.254. The summed E-state index contributed by atoms with van der Waals surface area (Å²) in [6, 6.07) is -0.754. The lowest BCUT2D eigenvalue weighted by atomic mass is 10.1. The van der Waals surface area contributed by atoms with Gasteiger partial charge in [0.05, 0.1) is 23.4 Å². The Kier molecular flexibility index (Phi) is 5.76. The molecule has 0 fully saturated rings. The Morgan fingerprint density at radius 2 is 1.77 bits per heavy atom. The number of halogens is 7. The topological polar surface area (TPSA) is 98.8 Å². The molecule has 0 saturated heterocycles. The van der Waals surface area contributed by atoms with Crippen molar-refractivity contribution in [2.24, 2.45) is 0 Å². The molecule has 0 saturated carbocycles. The number of hydrogen-bond donors (Lipinski definition) is 1. The van der Waals surface area contributed by atoms with Crippen LogP contribution in [0.2, 0.25) is 5.15 Å². The highest BCUT2D eigenvalue weighted by molar-refractivity contribution is 6.32. The third-order valence-electron chi connectivity index (χ3n) is 3.95. The number of aromatic nitrogens is 4. The minimum atomic E-state index is -4.81.